The van der Waals surface area contributed by atoms with Crippen LogP contribution in [0.3, 0.4) is 0 Å². The van der Waals surface area contributed by atoms with E-state index in [2.05, 4.69) is 13.5 Å². The van der Waals surface area contributed by atoms with Crippen LogP contribution in [-0.2, 0) is 4.74 Å². The zero-order chi connectivity index (χ0) is 10.6. The van der Waals surface area contributed by atoms with Gasteiger partial charge in [0.2, 0.25) is 0 Å². The minimum Gasteiger partial charge on any atom is -0.488 e. The zero-order valence-corrected chi connectivity index (χ0v) is 9.05. The molecule has 0 bridgehead atoms. The SMILES string of the molecule is C=C(/C=C\C(=C/C)CN)OC1(C)CC1. The van der Waals surface area contributed by atoms with Crippen molar-refractivity contribution in [3.63, 3.8) is 0 Å². The standard InChI is InChI=1S/C12H19NO/c1-4-11(9-13)6-5-10(2)14-12(3)7-8-12/h4-6H,2,7-9,13H2,1,3H3/b6-5-,11-4+. The summed E-state index contributed by atoms with van der Waals surface area (Å²) in [5.74, 6) is 0.720. The molecule has 0 atom stereocenters. The summed E-state index contributed by atoms with van der Waals surface area (Å²) in [4.78, 5) is 0. The summed E-state index contributed by atoms with van der Waals surface area (Å²) in [6.07, 6.45) is 8.09. The number of allylic oxidation sites excluding steroid dienone is 2. The van der Waals surface area contributed by atoms with Crippen molar-refractivity contribution in [3.8, 4) is 0 Å². The van der Waals surface area contributed by atoms with Crippen molar-refractivity contribution in [1.29, 1.82) is 0 Å². The highest BCUT2D eigenvalue weighted by Crippen LogP contribution is 2.40. The van der Waals surface area contributed by atoms with Crippen LogP contribution in [0.5, 0.6) is 0 Å². The molecule has 0 unspecified atom stereocenters. The van der Waals surface area contributed by atoms with E-state index in [1.807, 2.05) is 25.2 Å². The molecule has 1 aliphatic carbocycles. The zero-order valence-electron chi connectivity index (χ0n) is 9.05. The quantitative estimate of drug-likeness (QED) is 0.538. The van der Waals surface area contributed by atoms with Crippen molar-refractivity contribution < 1.29 is 4.74 Å². The van der Waals surface area contributed by atoms with Crippen molar-refractivity contribution in [2.45, 2.75) is 32.3 Å². The van der Waals surface area contributed by atoms with Crippen molar-refractivity contribution >= 4 is 0 Å². The van der Waals surface area contributed by atoms with Gasteiger partial charge in [0.1, 0.15) is 11.4 Å². The molecule has 2 heteroatoms. The monoisotopic (exact) mass is 193 g/mol. The summed E-state index contributed by atoms with van der Waals surface area (Å²) in [5, 5.41) is 0. The fraction of sp³-hybridized carbons (Fsp3) is 0.500. The van der Waals surface area contributed by atoms with E-state index in [1.54, 1.807) is 0 Å². The molecule has 0 aromatic carbocycles. The maximum atomic E-state index is 5.64. The Balaban J connectivity index is 2.39. The molecular weight excluding hydrogens is 174 g/mol. The van der Waals surface area contributed by atoms with Crippen molar-refractivity contribution in [1.82, 2.24) is 0 Å². The lowest BCUT2D eigenvalue weighted by Crippen LogP contribution is -2.06. The normalized spacial score (nSPS) is 19.8. The van der Waals surface area contributed by atoms with Crippen LogP contribution in [0.2, 0.25) is 0 Å². The van der Waals surface area contributed by atoms with Crippen LogP contribution in [0, 0.1) is 0 Å². The summed E-state index contributed by atoms with van der Waals surface area (Å²) >= 11 is 0. The number of rotatable bonds is 5. The lowest BCUT2D eigenvalue weighted by molar-refractivity contribution is 0.121. The van der Waals surface area contributed by atoms with E-state index in [9.17, 15) is 0 Å². The molecule has 78 valence electrons. The molecule has 1 rings (SSSR count). The van der Waals surface area contributed by atoms with E-state index in [0.29, 0.717) is 6.54 Å². The summed E-state index contributed by atoms with van der Waals surface area (Å²) in [6, 6.07) is 0. The largest absolute Gasteiger partial charge is 0.488 e. The van der Waals surface area contributed by atoms with E-state index in [1.165, 1.54) is 0 Å². The topological polar surface area (TPSA) is 35.2 Å². The molecule has 0 spiro atoms. The van der Waals surface area contributed by atoms with Crippen LogP contribution in [0.1, 0.15) is 26.7 Å². The van der Waals surface area contributed by atoms with Gasteiger partial charge in [-0.15, -0.1) is 0 Å². The molecule has 0 radical (unpaired) electrons. The minimum absolute atomic E-state index is 0.0558. The molecule has 14 heavy (non-hydrogen) atoms. The predicted octanol–water partition coefficient (Wildman–Crippen LogP) is 2.53. The van der Waals surface area contributed by atoms with Crippen LogP contribution < -0.4 is 5.73 Å². The van der Waals surface area contributed by atoms with E-state index >= 15 is 0 Å². The van der Waals surface area contributed by atoms with Crippen LogP contribution in [0.25, 0.3) is 0 Å². The average Bonchev–Trinajstić information content (AvgIpc) is 2.85. The molecule has 0 heterocycles. The fourth-order valence-corrected chi connectivity index (χ4v) is 1.11. The molecule has 0 saturated heterocycles. The third kappa shape index (κ3) is 3.38. The summed E-state index contributed by atoms with van der Waals surface area (Å²) in [6.45, 7) is 8.47. The number of hydrogen-bond donors (Lipinski definition) is 1. The van der Waals surface area contributed by atoms with Gasteiger partial charge in [0.05, 0.1) is 0 Å². The van der Waals surface area contributed by atoms with Gasteiger partial charge in [0, 0.05) is 6.54 Å². The van der Waals surface area contributed by atoms with E-state index in [0.717, 1.165) is 24.2 Å². The molecule has 1 saturated carbocycles. The lowest BCUT2D eigenvalue weighted by atomic mass is 10.2. The van der Waals surface area contributed by atoms with Crippen molar-refractivity contribution in [2.75, 3.05) is 6.54 Å². The Kier molecular flexibility index (Phi) is 3.53. The smallest absolute Gasteiger partial charge is 0.112 e. The van der Waals surface area contributed by atoms with Crippen LogP contribution in [-0.4, -0.2) is 12.1 Å². The van der Waals surface area contributed by atoms with Gasteiger partial charge in [0.25, 0.3) is 0 Å². The Morgan fingerprint density at radius 2 is 2.14 bits per heavy atom. The second kappa shape index (κ2) is 4.47. The second-order valence-electron chi connectivity index (χ2n) is 3.92. The van der Waals surface area contributed by atoms with E-state index in [-0.39, 0.29) is 5.60 Å². The second-order valence-corrected chi connectivity index (χ2v) is 3.92. The molecule has 2 nitrogen and oxygen atoms in total. The van der Waals surface area contributed by atoms with Gasteiger partial charge in [-0.25, -0.2) is 0 Å². The Bertz CT molecular complexity index is 272. The highest BCUT2D eigenvalue weighted by Gasteiger charge is 2.39. The lowest BCUT2D eigenvalue weighted by Gasteiger charge is -2.12. The van der Waals surface area contributed by atoms with E-state index in [4.69, 9.17) is 10.5 Å². The predicted molar refractivity (Wildman–Crippen MR) is 59.8 cm³/mol. The Labute approximate surface area is 86.1 Å². The third-order valence-electron chi connectivity index (χ3n) is 2.42. The first-order valence-corrected chi connectivity index (χ1v) is 5.01. The van der Waals surface area contributed by atoms with Gasteiger partial charge >= 0.3 is 0 Å². The van der Waals surface area contributed by atoms with Gasteiger partial charge in [-0.05, 0) is 38.3 Å². The van der Waals surface area contributed by atoms with E-state index < -0.39 is 0 Å². The molecule has 0 amide bonds. The number of ether oxygens (including phenoxy) is 1. The summed E-state index contributed by atoms with van der Waals surface area (Å²) in [5.41, 5.74) is 6.67. The van der Waals surface area contributed by atoms with Gasteiger partial charge < -0.3 is 10.5 Å². The first kappa shape index (κ1) is 11.1. The molecule has 1 aliphatic rings. The van der Waals surface area contributed by atoms with Crippen molar-refractivity contribution in [2.24, 2.45) is 5.73 Å². The van der Waals surface area contributed by atoms with Gasteiger partial charge in [-0.1, -0.05) is 18.7 Å². The fourth-order valence-electron chi connectivity index (χ4n) is 1.11. The van der Waals surface area contributed by atoms with Crippen LogP contribution in [0.4, 0.5) is 0 Å². The van der Waals surface area contributed by atoms with Crippen LogP contribution >= 0.6 is 0 Å². The molecule has 2 N–H and O–H groups in total. The molecule has 0 aromatic heterocycles. The Hall–Kier alpha value is -1.02. The summed E-state index contributed by atoms with van der Waals surface area (Å²) < 4.78 is 5.64. The highest BCUT2D eigenvalue weighted by atomic mass is 16.5. The minimum atomic E-state index is 0.0558. The number of nitrogens with two attached hydrogens (primary N) is 1. The molecule has 0 aliphatic heterocycles. The van der Waals surface area contributed by atoms with Gasteiger partial charge in [0.15, 0.2) is 0 Å². The van der Waals surface area contributed by atoms with Gasteiger partial charge in [-0.2, -0.15) is 0 Å². The molecule has 0 aromatic rings. The molecular formula is C12H19NO. The molecule has 1 fully saturated rings. The first-order chi connectivity index (χ1) is 6.59. The Morgan fingerprint density at radius 1 is 1.50 bits per heavy atom. The van der Waals surface area contributed by atoms with Gasteiger partial charge in [-0.3, -0.25) is 0 Å². The number of hydrogen-bond acceptors (Lipinski definition) is 2. The average molecular weight is 193 g/mol. The maximum Gasteiger partial charge on any atom is 0.112 e. The summed E-state index contributed by atoms with van der Waals surface area (Å²) in [7, 11) is 0. The first-order valence-electron chi connectivity index (χ1n) is 5.01. The highest BCUT2D eigenvalue weighted by molar-refractivity contribution is 5.24. The Morgan fingerprint density at radius 3 is 2.57 bits per heavy atom. The van der Waals surface area contributed by atoms with Crippen LogP contribution in [0.15, 0.2) is 36.1 Å². The third-order valence-corrected chi connectivity index (χ3v) is 2.42. The maximum absolute atomic E-state index is 5.64. The van der Waals surface area contributed by atoms with Crippen molar-refractivity contribution in [3.05, 3.63) is 36.1 Å².